The average molecular weight is 309 g/mol. The van der Waals surface area contributed by atoms with E-state index in [1.165, 1.54) is 5.56 Å². The van der Waals surface area contributed by atoms with Crippen LogP contribution in [0.1, 0.15) is 29.9 Å². The van der Waals surface area contributed by atoms with Crippen LogP contribution in [-0.2, 0) is 7.05 Å². The third kappa shape index (κ3) is 2.62. The molecule has 0 aliphatic carbocycles. The van der Waals surface area contributed by atoms with Crippen LogP contribution in [0.3, 0.4) is 0 Å². The largest absolute Gasteiger partial charge is 0.304 e. The molecule has 0 radical (unpaired) electrons. The minimum absolute atomic E-state index is 0.0526. The Bertz CT molecular complexity index is 516. The summed E-state index contributed by atoms with van der Waals surface area (Å²) in [4.78, 5) is 4.47. The van der Waals surface area contributed by atoms with Gasteiger partial charge in [-0.3, -0.25) is 9.67 Å². The number of hydrogen-bond donors (Lipinski definition) is 1. The Morgan fingerprint density at radius 2 is 2.28 bits per heavy atom. The van der Waals surface area contributed by atoms with E-state index in [1.54, 1.807) is 0 Å². The van der Waals surface area contributed by atoms with Gasteiger partial charge < -0.3 is 5.32 Å². The molecular weight excluding hydrogens is 292 g/mol. The summed E-state index contributed by atoms with van der Waals surface area (Å²) in [7, 11) is 1.94. The van der Waals surface area contributed by atoms with Gasteiger partial charge in [-0.2, -0.15) is 5.10 Å². The van der Waals surface area contributed by atoms with E-state index in [9.17, 15) is 0 Å². The fraction of sp³-hybridized carbons (Fsp3) is 0.385. The van der Waals surface area contributed by atoms with Crippen molar-refractivity contribution in [1.82, 2.24) is 20.1 Å². The maximum absolute atomic E-state index is 4.47. The number of nitrogens with zero attached hydrogens (tertiary/aromatic N) is 3. The van der Waals surface area contributed by atoms with E-state index < -0.39 is 0 Å². The first-order valence-corrected chi connectivity index (χ1v) is 6.76. The predicted molar refractivity (Wildman–Crippen MR) is 75.4 cm³/mol. The van der Waals surface area contributed by atoms with Crippen molar-refractivity contribution >= 4 is 15.9 Å². The lowest BCUT2D eigenvalue weighted by molar-refractivity contribution is 0.559. The first-order valence-electron chi connectivity index (χ1n) is 5.96. The molecule has 5 heteroatoms. The third-order valence-corrected chi connectivity index (χ3v) is 3.46. The van der Waals surface area contributed by atoms with Gasteiger partial charge in [0.25, 0.3) is 0 Å². The Morgan fingerprint density at radius 1 is 1.50 bits per heavy atom. The van der Waals surface area contributed by atoms with Crippen molar-refractivity contribution in [3.05, 3.63) is 46.0 Å². The molecule has 4 nitrogen and oxygen atoms in total. The second kappa shape index (κ2) is 5.63. The van der Waals surface area contributed by atoms with Gasteiger partial charge in [0.05, 0.1) is 28.1 Å². The summed E-state index contributed by atoms with van der Waals surface area (Å²) in [6, 6.07) is 4.16. The van der Waals surface area contributed by atoms with Crippen LogP contribution in [0.5, 0.6) is 0 Å². The summed E-state index contributed by atoms with van der Waals surface area (Å²) in [6.45, 7) is 5.04. The molecule has 2 aromatic rings. The monoisotopic (exact) mass is 308 g/mol. The first-order chi connectivity index (χ1) is 8.63. The molecule has 0 saturated heterocycles. The van der Waals surface area contributed by atoms with Crippen LogP contribution in [0.15, 0.2) is 29.0 Å². The van der Waals surface area contributed by atoms with E-state index in [0.717, 1.165) is 22.4 Å². The fourth-order valence-electron chi connectivity index (χ4n) is 2.01. The third-order valence-electron chi connectivity index (χ3n) is 2.85. The summed E-state index contributed by atoms with van der Waals surface area (Å²) in [5, 5.41) is 7.73. The molecule has 0 aliphatic heterocycles. The molecule has 0 aromatic carbocycles. The van der Waals surface area contributed by atoms with Crippen LogP contribution >= 0.6 is 15.9 Å². The Kier molecular flexibility index (Phi) is 4.14. The molecule has 1 unspecified atom stereocenters. The number of hydrogen-bond acceptors (Lipinski definition) is 3. The van der Waals surface area contributed by atoms with Crippen molar-refractivity contribution in [2.45, 2.75) is 19.9 Å². The second-order valence-corrected chi connectivity index (χ2v) is 5.10. The minimum atomic E-state index is 0.0526. The molecule has 2 rings (SSSR count). The lowest BCUT2D eigenvalue weighted by Crippen LogP contribution is -2.25. The van der Waals surface area contributed by atoms with Crippen LogP contribution in [-0.4, -0.2) is 21.3 Å². The number of nitrogens with one attached hydrogen (secondary N) is 1. The Hall–Kier alpha value is -1.20. The molecule has 0 fully saturated rings. The summed E-state index contributed by atoms with van der Waals surface area (Å²) in [6.07, 6.45) is 3.66. The highest BCUT2D eigenvalue weighted by Crippen LogP contribution is 2.27. The molecule has 2 heterocycles. The van der Waals surface area contributed by atoms with Crippen molar-refractivity contribution in [1.29, 1.82) is 0 Å². The quantitative estimate of drug-likeness (QED) is 0.944. The van der Waals surface area contributed by atoms with Crippen LogP contribution in [0, 0.1) is 6.92 Å². The van der Waals surface area contributed by atoms with E-state index >= 15 is 0 Å². The van der Waals surface area contributed by atoms with Crippen molar-refractivity contribution < 1.29 is 0 Å². The number of aromatic nitrogens is 3. The highest BCUT2D eigenvalue weighted by molar-refractivity contribution is 9.10. The predicted octanol–water partition coefficient (Wildman–Crippen LogP) is 2.58. The van der Waals surface area contributed by atoms with E-state index in [4.69, 9.17) is 0 Å². The second-order valence-electron chi connectivity index (χ2n) is 4.25. The van der Waals surface area contributed by atoms with Gasteiger partial charge in [0.1, 0.15) is 0 Å². The van der Waals surface area contributed by atoms with Crippen molar-refractivity contribution in [2.75, 3.05) is 6.54 Å². The first kappa shape index (κ1) is 13.2. The summed E-state index contributed by atoms with van der Waals surface area (Å²) < 4.78 is 2.88. The molecular formula is C13H17BrN4. The van der Waals surface area contributed by atoms with E-state index in [0.29, 0.717) is 0 Å². The standard InChI is InChI=1S/C13H17BrN4/c1-4-15-12(11-7-9(2)5-6-16-11)13-10(14)8-17-18(13)3/h5-8,12,15H,4H2,1-3H3. The van der Waals surface area contributed by atoms with E-state index in [-0.39, 0.29) is 6.04 Å². The van der Waals surface area contributed by atoms with Crippen LogP contribution in [0.25, 0.3) is 0 Å². The van der Waals surface area contributed by atoms with Gasteiger partial charge in [0, 0.05) is 13.2 Å². The highest BCUT2D eigenvalue weighted by Gasteiger charge is 2.21. The van der Waals surface area contributed by atoms with E-state index in [2.05, 4.69) is 51.2 Å². The van der Waals surface area contributed by atoms with Gasteiger partial charge in [-0.05, 0) is 47.1 Å². The molecule has 0 spiro atoms. The Balaban J connectivity index is 2.46. The number of pyridine rings is 1. The van der Waals surface area contributed by atoms with Gasteiger partial charge in [-0.1, -0.05) is 6.92 Å². The zero-order valence-corrected chi connectivity index (χ0v) is 12.4. The molecule has 1 N–H and O–H groups in total. The SMILES string of the molecule is CCNC(c1cc(C)ccn1)c1c(Br)cnn1C. The number of aryl methyl sites for hydroxylation is 2. The number of halogens is 1. The maximum Gasteiger partial charge on any atom is 0.0933 e. The molecule has 0 amide bonds. The average Bonchev–Trinajstić information content (AvgIpc) is 2.67. The molecule has 0 bridgehead atoms. The van der Waals surface area contributed by atoms with Crippen LogP contribution < -0.4 is 5.32 Å². The molecule has 96 valence electrons. The summed E-state index contributed by atoms with van der Waals surface area (Å²) in [5.41, 5.74) is 3.32. The lowest BCUT2D eigenvalue weighted by atomic mass is 10.1. The van der Waals surface area contributed by atoms with Crippen molar-refractivity contribution in [3.8, 4) is 0 Å². The summed E-state index contributed by atoms with van der Waals surface area (Å²) in [5.74, 6) is 0. The van der Waals surface area contributed by atoms with Crippen LogP contribution in [0.2, 0.25) is 0 Å². The van der Waals surface area contributed by atoms with Gasteiger partial charge in [0.15, 0.2) is 0 Å². The minimum Gasteiger partial charge on any atom is -0.304 e. The molecule has 0 saturated carbocycles. The van der Waals surface area contributed by atoms with Crippen LogP contribution in [0.4, 0.5) is 0 Å². The zero-order chi connectivity index (χ0) is 13.1. The lowest BCUT2D eigenvalue weighted by Gasteiger charge is -2.18. The number of rotatable bonds is 4. The van der Waals surface area contributed by atoms with Gasteiger partial charge in [0.2, 0.25) is 0 Å². The van der Waals surface area contributed by atoms with Crippen molar-refractivity contribution in [3.63, 3.8) is 0 Å². The van der Waals surface area contributed by atoms with Gasteiger partial charge >= 0.3 is 0 Å². The Labute approximate surface area is 116 Å². The van der Waals surface area contributed by atoms with Gasteiger partial charge in [-0.15, -0.1) is 0 Å². The molecule has 1 atom stereocenters. The summed E-state index contributed by atoms with van der Waals surface area (Å²) >= 11 is 3.55. The van der Waals surface area contributed by atoms with E-state index in [1.807, 2.05) is 30.2 Å². The highest BCUT2D eigenvalue weighted by atomic mass is 79.9. The normalized spacial score (nSPS) is 12.7. The molecule has 2 aromatic heterocycles. The maximum atomic E-state index is 4.47. The fourth-order valence-corrected chi connectivity index (χ4v) is 2.58. The van der Waals surface area contributed by atoms with Gasteiger partial charge in [-0.25, -0.2) is 0 Å². The Morgan fingerprint density at radius 3 is 2.83 bits per heavy atom. The smallest absolute Gasteiger partial charge is 0.0933 e. The van der Waals surface area contributed by atoms with Crippen molar-refractivity contribution in [2.24, 2.45) is 7.05 Å². The molecule has 0 aliphatic rings. The zero-order valence-electron chi connectivity index (χ0n) is 10.8. The topological polar surface area (TPSA) is 42.7 Å². The molecule has 18 heavy (non-hydrogen) atoms.